The third kappa shape index (κ3) is 7.70. The number of carbonyl (C=O) groups is 3. The molecule has 2 rings (SSSR count). The lowest BCUT2D eigenvalue weighted by Gasteiger charge is -2.11. The molecule has 0 heterocycles. The average molecular weight is 459 g/mol. The van der Waals surface area contributed by atoms with Gasteiger partial charge in [-0.15, -0.1) is 0 Å². The maximum atomic E-state index is 12.3. The first-order valence-corrected chi connectivity index (χ1v) is 10.5. The zero-order valence-electron chi connectivity index (χ0n) is 18.5. The van der Waals surface area contributed by atoms with Crippen LogP contribution in [0.25, 0.3) is 0 Å². The van der Waals surface area contributed by atoms with Crippen LogP contribution in [0, 0.1) is 13.8 Å². The lowest BCUT2D eigenvalue weighted by molar-refractivity contribution is -0.139. The highest BCUT2D eigenvalue weighted by atomic mass is 35.5. The van der Waals surface area contributed by atoms with Crippen molar-refractivity contribution in [2.75, 3.05) is 11.9 Å². The number of nitrogens with one attached hydrogen (secondary N) is 3. The van der Waals surface area contributed by atoms with Gasteiger partial charge < -0.3 is 15.4 Å². The van der Waals surface area contributed by atoms with E-state index in [-0.39, 0.29) is 18.6 Å². The van der Waals surface area contributed by atoms with E-state index in [4.69, 9.17) is 16.3 Å². The quantitative estimate of drug-likeness (QED) is 0.320. The summed E-state index contributed by atoms with van der Waals surface area (Å²) in [5, 5.41) is 9.52. The van der Waals surface area contributed by atoms with Crippen molar-refractivity contribution in [3.63, 3.8) is 0 Å². The number of hydrazone groups is 1. The lowest BCUT2D eigenvalue weighted by Crippen LogP contribution is -2.41. The Kier molecular flexibility index (Phi) is 9.22. The molecule has 2 aromatic rings. The predicted octanol–water partition coefficient (Wildman–Crippen LogP) is 3.34. The summed E-state index contributed by atoms with van der Waals surface area (Å²) in [6.45, 7) is 7.41. The van der Waals surface area contributed by atoms with E-state index < -0.39 is 11.8 Å². The first kappa shape index (κ1) is 24.9. The molecule has 3 N–H and O–H groups in total. The molecule has 0 aliphatic heterocycles. The van der Waals surface area contributed by atoms with E-state index in [9.17, 15) is 14.4 Å². The number of nitrogens with zero attached hydrogens (tertiary/aromatic N) is 1. The Hall–Kier alpha value is -3.39. The number of halogens is 1. The molecule has 9 heteroatoms. The third-order valence-electron chi connectivity index (χ3n) is 4.69. The molecule has 0 aromatic heterocycles. The van der Waals surface area contributed by atoms with Crippen molar-refractivity contribution in [1.29, 1.82) is 0 Å². The molecule has 2 aromatic carbocycles. The van der Waals surface area contributed by atoms with Crippen LogP contribution in [0.15, 0.2) is 41.5 Å². The normalized spacial score (nSPS) is 11.7. The fourth-order valence-corrected chi connectivity index (χ4v) is 2.69. The zero-order chi connectivity index (χ0) is 23.7. The molecule has 8 nitrogen and oxygen atoms in total. The van der Waals surface area contributed by atoms with Crippen LogP contribution in [0.5, 0.6) is 5.75 Å². The van der Waals surface area contributed by atoms with Crippen molar-refractivity contribution < 1.29 is 19.1 Å². The fraction of sp³-hybridized carbons (Fsp3) is 0.304. The summed E-state index contributed by atoms with van der Waals surface area (Å²) in [7, 11) is 0. The highest BCUT2D eigenvalue weighted by molar-refractivity contribution is 6.35. The number of ether oxygens (including phenoxy) is 1. The highest BCUT2D eigenvalue weighted by Gasteiger charge is 2.14. The Morgan fingerprint density at radius 2 is 1.84 bits per heavy atom. The minimum absolute atomic E-state index is 0.125. The maximum absolute atomic E-state index is 12.3. The van der Waals surface area contributed by atoms with Gasteiger partial charge in [-0.2, -0.15) is 5.10 Å². The molecule has 0 aliphatic rings. The fourth-order valence-electron chi connectivity index (χ4n) is 2.51. The molecule has 0 unspecified atom stereocenters. The molecule has 1 atom stereocenters. The van der Waals surface area contributed by atoms with Gasteiger partial charge >= 0.3 is 11.8 Å². The van der Waals surface area contributed by atoms with Gasteiger partial charge in [-0.05, 0) is 68.7 Å². The van der Waals surface area contributed by atoms with Crippen LogP contribution in [-0.2, 0) is 14.4 Å². The molecule has 0 fully saturated rings. The van der Waals surface area contributed by atoms with Crippen LogP contribution in [0.3, 0.4) is 0 Å². The van der Waals surface area contributed by atoms with E-state index in [2.05, 4.69) is 21.2 Å². The topological polar surface area (TPSA) is 109 Å². The molecular weight excluding hydrogens is 432 g/mol. The SMILES string of the molecule is CC[C@@H](C)NC(=O)C(=O)N/N=C\c1cc(Cl)ccc1OCC(=O)Nc1ccc(C)c(C)c1. The van der Waals surface area contributed by atoms with Crippen LogP contribution in [0.2, 0.25) is 5.02 Å². The molecule has 0 aliphatic carbocycles. The van der Waals surface area contributed by atoms with Crippen molar-refractivity contribution in [2.45, 2.75) is 40.2 Å². The predicted molar refractivity (Wildman–Crippen MR) is 125 cm³/mol. The van der Waals surface area contributed by atoms with Gasteiger partial charge in [0.05, 0.1) is 6.21 Å². The average Bonchev–Trinajstić information content (AvgIpc) is 2.75. The molecule has 0 bridgehead atoms. The first-order chi connectivity index (χ1) is 15.2. The summed E-state index contributed by atoms with van der Waals surface area (Å²) < 4.78 is 5.60. The van der Waals surface area contributed by atoms with Crippen LogP contribution in [0.1, 0.15) is 37.0 Å². The minimum atomic E-state index is -0.890. The Labute approximate surface area is 192 Å². The molecule has 0 saturated carbocycles. The van der Waals surface area contributed by atoms with E-state index in [1.807, 2.05) is 39.0 Å². The molecule has 0 radical (unpaired) electrons. The number of amides is 3. The Bertz CT molecular complexity index is 1020. The number of rotatable bonds is 8. The summed E-state index contributed by atoms with van der Waals surface area (Å²) in [6.07, 6.45) is 1.99. The molecule has 0 spiro atoms. The number of aryl methyl sites for hydroxylation is 2. The van der Waals surface area contributed by atoms with Gasteiger partial charge in [0.1, 0.15) is 5.75 Å². The van der Waals surface area contributed by atoms with E-state index in [1.165, 1.54) is 6.21 Å². The smallest absolute Gasteiger partial charge is 0.329 e. The minimum Gasteiger partial charge on any atom is -0.483 e. The second-order valence-corrected chi connectivity index (χ2v) is 7.74. The van der Waals surface area contributed by atoms with Crippen molar-refractivity contribution in [3.8, 4) is 5.75 Å². The van der Waals surface area contributed by atoms with Gasteiger partial charge in [0.2, 0.25) is 0 Å². The van der Waals surface area contributed by atoms with Gasteiger partial charge in [0.15, 0.2) is 6.61 Å². The molecular formula is C23H27ClN4O4. The summed E-state index contributed by atoms with van der Waals surface area (Å²) in [6, 6.07) is 10.3. The zero-order valence-corrected chi connectivity index (χ0v) is 19.2. The number of hydrogen-bond donors (Lipinski definition) is 3. The second-order valence-electron chi connectivity index (χ2n) is 7.30. The van der Waals surface area contributed by atoms with Crippen LogP contribution in [-0.4, -0.2) is 36.6 Å². The molecule has 32 heavy (non-hydrogen) atoms. The third-order valence-corrected chi connectivity index (χ3v) is 4.92. The number of carbonyl (C=O) groups excluding carboxylic acids is 3. The van der Waals surface area contributed by atoms with Crippen molar-refractivity contribution in [2.24, 2.45) is 5.10 Å². The van der Waals surface area contributed by atoms with E-state index in [0.717, 1.165) is 11.1 Å². The lowest BCUT2D eigenvalue weighted by atomic mass is 10.1. The summed E-state index contributed by atoms with van der Waals surface area (Å²) in [5.41, 5.74) is 5.47. The Morgan fingerprint density at radius 1 is 1.09 bits per heavy atom. The molecule has 170 valence electrons. The van der Waals surface area contributed by atoms with Crippen LogP contribution in [0.4, 0.5) is 5.69 Å². The van der Waals surface area contributed by atoms with Gasteiger partial charge in [-0.3, -0.25) is 14.4 Å². The summed E-state index contributed by atoms with van der Waals surface area (Å²) >= 11 is 6.03. The Balaban J connectivity index is 1.97. The van der Waals surface area contributed by atoms with Gasteiger partial charge in [0, 0.05) is 22.3 Å². The maximum Gasteiger partial charge on any atom is 0.329 e. The van der Waals surface area contributed by atoms with Gasteiger partial charge in [-0.25, -0.2) is 5.43 Å². The second kappa shape index (κ2) is 11.9. The Morgan fingerprint density at radius 3 is 2.53 bits per heavy atom. The van der Waals surface area contributed by atoms with Crippen molar-refractivity contribution in [1.82, 2.24) is 10.7 Å². The molecule has 0 saturated heterocycles. The first-order valence-electron chi connectivity index (χ1n) is 10.1. The number of benzene rings is 2. The summed E-state index contributed by atoms with van der Waals surface area (Å²) in [5.74, 6) is -1.66. The van der Waals surface area contributed by atoms with Crippen molar-refractivity contribution in [3.05, 3.63) is 58.1 Å². The van der Waals surface area contributed by atoms with Crippen LogP contribution < -0.4 is 20.8 Å². The monoisotopic (exact) mass is 458 g/mol. The highest BCUT2D eigenvalue weighted by Crippen LogP contribution is 2.21. The molecule has 3 amide bonds. The van der Waals surface area contributed by atoms with E-state index in [0.29, 0.717) is 28.4 Å². The number of hydrogen-bond acceptors (Lipinski definition) is 5. The standard InChI is InChI=1S/C23H27ClN4O4/c1-5-16(4)26-22(30)23(31)28-25-12-17-11-18(24)7-9-20(17)32-13-21(29)27-19-8-6-14(2)15(3)10-19/h6-12,16H,5,13H2,1-4H3,(H,26,30)(H,27,29)(H,28,31)/b25-12-/t16-/m1/s1. The van der Waals surface area contributed by atoms with Gasteiger partial charge in [-0.1, -0.05) is 24.6 Å². The van der Waals surface area contributed by atoms with E-state index >= 15 is 0 Å². The van der Waals surface area contributed by atoms with Crippen molar-refractivity contribution >= 4 is 41.2 Å². The number of anilines is 1. The largest absolute Gasteiger partial charge is 0.483 e. The van der Waals surface area contributed by atoms with Crippen LogP contribution >= 0.6 is 11.6 Å². The van der Waals surface area contributed by atoms with E-state index in [1.54, 1.807) is 25.1 Å². The van der Waals surface area contributed by atoms with Gasteiger partial charge in [0.25, 0.3) is 5.91 Å². The summed E-state index contributed by atoms with van der Waals surface area (Å²) in [4.78, 5) is 35.8.